The van der Waals surface area contributed by atoms with E-state index in [1.165, 1.54) is 5.69 Å². The molecule has 0 atom stereocenters. The highest BCUT2D eigenvalue weighted by molar-refractivity contribution is 5.81. The molecule has 31 heavy (non-hydrogen) atoms. The maximum atomic E-state index is 12.4. The van der Waals surface area contributed by atoms with E-state index in [0.29, 0.717) is 13.1 Å². The molecule has 3 aromatic rings. The minimum Gasteiger partial charge on any atom is -0.455 e. The van der Waals surface area contributed by atoms with Crippen molar-refractivity contribution in [3.05, 3.63) is 90.5 Å². The van der Waals surface area contributed by atoms with Crippen LogP contribution in [0.1, 0.15) is 5.56 Å². The molecule has 0 N–H and O–H groups in total. The number of carbonyl (C=O) groups is 2. The Labute approximate surface area is 182 Å². The second-order valence-electron chi connectivity index (χ2n) is 7.60. The van der Waals surface area contributed by atoms with E-state index in [1.807, 2.05) is 60.7 Å². The largest absolute Gasteiger partial charge is 0.455 e. The number of amides is 1. The van der Waals surface area contributed by atoms with Gasteiger partial charge >= 0.3 is 5.97 Å². The summed E-state index contributed by atoms with van der Waals surface area (Å²) in [5, 5.41) is 0. The van der Waals surface area contributed by atoms with E-state index in [4.69, 9.17) is 4.74 Å². The molecule has 0 aromatic heterocycles. The van der Waals surface area contributed by atoms with Crippen molar-refractivity contribution in [1.82, 2.24) is 4.90 Å². The van der Waals surface area contributed by atoms with Crippen LogP contribution in [0.25, 0.3) is 11.1 Å². The van der Waals surface area contributed by atoms with Crippen molar-refractivity contribution in [2.45, 2.75) is 6.42 Å². The van der Waals surface area contributed by atoms with Crippen molar-refractivity contribution >= 4 is 17.6 Å². The fourth-order valence-corrected chi connectivity index (χ4v) is 3.75. The van der Waals surface area contributed by atoms with Gasteiger partial charge in [-0.3, -0.25) is 9.59 Å². The lowest BCUT2D eigenvalue weighted by atomic mass is 10.0. The summed E-state index contributed by atoms with van der Waals surface area (Å²) in [4.78, 5) is 28.6. The normalized spacial score (nSPS) is 13.7. The third kappa shape index (κ3) is 5.51. The molecule has 0 aliphatic carbocycles. The van der Waals surface area contributed by atoms with Gasteiger partial charge in [0.15, 0.2) is 6.61 Å². The molecule has 158 valence electrons. The first kappa shape index (κ1) is 20.7. The molecule has 5 heteroatoms. The molecule has 4 rings (SSSR count). The van der Waals surface area contributed by atoms with Crippen LogP contribution in [0.3, 0.4) is 0 Å². The van der Waals surface area contributed by atoms with Gasteiger partial charge in [0.2, 0.25) is 0 Å². The van der Waals surface area contributed by atoms with Gasteiger partial charge in [-0.1, -0.05) is 72.8 Å². The van der Waals surface area contributed by atoms with E-state index < -0.39 is 0 Å². The first-order valence-corrected chi connectivity index (χ1v) is 10.6. The number of piperazine rings is 1. The first-order chi connectivity index (χ1) is 15.2. The number of hydrogen-bond acceptors (Lipinski definition) is 4. The molecule has 1 heterocycles. The zero-order valence-corrected chi connectivity index (χ0v) is 17.4. The second kappa shape index (κ2) is 9.94. The molecule has 1 amide bonds. The van der Waals surface area contributed by atoms with Crippen LogP contribution in [0.2, 0.25) is 0 Å². The van der Waals surface area contributed by atoms with Gasteiger partial charge in [-0.25, -0.2) is 0 Å². The number of nitrogens with zero attached hydrogens (tertiary/aromatic N) is 2. The van der Waals surface area contributed by atoms with Crippen LogP contribution in [-0.2, 0) is 20.7 Å². The van der Waals surface area contributed by atoms with Crippen molar-refractivity contribution in [2.75, 3.05) is 37.7 Å². The summed E-state index contributed by atoms with van der Waals surface area (Å²) in [6.45, 7) is 2.61. The third-order valence-corrected chi connectivity index (χ3v) is 5.52. The van der Waals surface area contributed by atoms with E-state index in [0.717, 1.165) is 29.8 Å². The molecule has 3 aromatic carbocycles. The summed E-state index contributed by atoms with van der Waals surface area (Å²) in [6.07, 6.45) is 0.157. The Morgan fingerprint density at radius 2 is 1.29 bits per heavy atom. The van der Waals surface area contributed by atoms with Gasteiger partial charge in [-0.2, -0.15) is 0 Å². The van der Waals surface area contributed by atoms with E-state index in [2.05, 4.69) is 29.2 Å². The maximum Gasteiger partial charge on any atom is 0.310 e. The number of para-hydroxylation sites is 1. The predicted molar refractivity (Wildman–Crippen MR) is 122 cm³/mol. The lowest BCUT2D eigenvalue weighted by Gasteiger charge is -2.36. The molecule has 5 nitrogen and oxygen atoms in total. The van der Waals surface area contributed by atoms with Crippen LogP contribution < -0.4 is 4.90 Å². The topological polar surface area (TPSA) is 49.9 Å². The number of rotatable bonds is 6. The Bertz CT molecular complexity index is 996. The van der Waals surface area contributed by atoms with Crippen LogP contribution in [0.5, 0.6) is 0 Å². The van der Waals surface area contributed by atoms with Gasteiger partial charge in [0, 0.05) is 31.9 Å². The highest BCUT2D eigenvalue weighted by Crippen LogP contribution is 2.19. The van der Waals surface area contributed by atoms with E-state index in [1.54, 1.807) is 4.90 Å². The smallest absolute Gasteiger partial charge is 0.310 e. The highest BCUT2D eigenvalue weighted by Gasteiger charge is 2.22. The quantitative estimate of drug-likeness (QED) is 0.576. The molecule has 1 saturated heterocycles. The minimum atomic E-state index is -0.385. The first-order valence-electron chi connectivity index (χ1n) is 10.6. The summed E-state index contributed by atoms with van der Waals surface area (Å²) in [5.41, 5.74) is 4.27. The molecular formula is C26H26N2O3. The van der Waals surface area contributed by atoms with Crippen LogP contribution in [0.15, 0.2) is 84.9 Å². The fraction of sp³-hybridized carbons (Fsp3) is 0.231. The van der Waals surface area contributed by atoms with Gasteiger partial charge < -0.3 is 14.5 Å². The number of carbonyl (C=O) groups excluding carboxylic acids is 2. The Kier molecular flexibility index (Phi) is 6.62. The lowest BCUT2D eigenvalue weighted by Crippen LogP contribution is -2.49. The molecule has 0 spiro atoms. The van der Waals surface area contributed by atoms with Crippen LogP contribution in [-0.4, -0.2) is 49.6 Å². The summed E-state index contributed by atoms with van der Waals surface area (Å²) in [5.74, 6) is -0.524. The maximum absolute atomic E-state index is 12.4. The highest BCUT2D eigenvalue weighted by atomic mass is 16.5. The van der Waals surface area contributed by atoms with E-state index in [-0.39, 0.29) is 24.9 Å². The number of esters is 1. The molecule has 0 saturated carbocycles. The van der Waals surface area contributed by atoms with Gasteiger partial charge in [0.05, 0.1) is 6.42 Å². The van der Waals surface area contributed by atoms with Gasteiger partial charge in [-0.05, 0) is 28.8 Å². The fourth-order valence-electron chi connectivity index (χ4n) is 3.75. The average Bonchev–Trinajstić information content (AvgIpc) is 2.84. The molecule has 0 unspecified atom stereocenters. The molecule has 1 aliphatic rings. The summed E-state index contributed by atoms with van der Waals surface area (Å²) in [7, 11) is 0. The molecule has 0 radical (unpaired) electrons. The average molecular weight is 415 g/mol. The minimum absolute atomic E-state index is 0.138. The van der Waals surface area contributed by atoms with Crippen molar-refractivity contribution < 1.29 is 14.3 Å². The van der Waals surface area contributed by atoms with Crippen LogP contribution in [0.4, 0.5) is 5.69 Å². The number of benzene rings is 3. The molecule has 0 bridgehead atoms. The van der Waals surface area contributed by atoms with Crippen molar-refractivity contribution in [2.24, 2.45) is 0 Å². The summed E-state index contributed by atoms with van der Waals surface area (Å²) >= 11 is 0. The zero-order valence-electron chi connectivity index (χ0n) is 17.4. The van der Waals surface area contributed by atoms with Gasteiger partial charge in [-0.15, -0.1) is 0 Å². The standard InChI is InChI=1S/C26H26N2O3/c29-25(28-17-15-27(16-18-28)24-9-5-2-6-10-24)20-31-26(30)19-21-11-13-23(14-12-21)22-7-3-1-4-8-22/h1-14H,15-20H2. The Balaban J connectivity index is 1.21. The number of hydrogen-bond donors (Lipinski definition) is 0. The predicted octanol–water partition coefficient (Wildman–Crippen LogP) is 3.79. The lowest BCUT2D eigenvalue weighted by molar-refractivity contribution is -0.151. The van der Waals surface area contributed by atoms with E-state index >= 15 is 0 Å². The molecule has 1 fully saturated rings. The zero-order chi connectivity index (χ0) is 21.5. The Hall–Kier alpha value is -3.60. The molecule has 1 aliphatic heterocycles. The Morgan fingerprint density at radius 3 is 1.94 bits per heavy atom. The summed E-state index contributed by atoms with van der Waals surface area (Å²) in [6, 6.07) is 28.1. The molecular weight excluding hydrogens is 388 g/mol. The van der Waals surface area contributed by atoms with E-state index in [9.17, 15) is 9.59 Å². The Morgan fingerprint density at radius 1 is 0.710 bits per heavy atom. The van der Waals surface area contributed by atoms with Gasteiger partial charge in [0.25, 0.3) is 5.91 Å². The van der Waals surface area contributed by atoms with Crippen molar-refractivity contribution in [3.63, 3.8) is 0 Å². The van der Waals surface area contributed by atoms with Crippen molar-refractivity contribution in [1.29, 1.82) is 0 Å². The monoisotopic (exact) mass is 414 g/mol. The summed E-state index contributed by atoms with van der Waals surface area (Å²) < 4.78 is 5.24. The van der Waals surface area contributed by atoms with Crippen LogP contribution >= 0.6 is 0 Å². The SMILES string of the molecule is O=C(Cc1ccc(-c2ccccc2)cc1)OCC(=O)N1CCN(c2ccccc2)CC1. The third-order valence-electron chi connectivity index (χ3n) is 5.52. The second-order valence-corrected chi connectivity index (χ2v) is 7.60. The number of ether oxygens (including phenoxy) is 1. The van der Waals surface area contributed by atoms with Crippen LogP contribution in [0, 0.1) is 0 Å². The number of anilines is 1. The van der Waals surface area contributed by atoms with Gasteiger partial charge in [0.1, 0.15) is 0 Å². The van der Waals surface area contributed by atoms with Crippen molar-refractivity contribution in [3.8, 4) is 11.1 Å².